The van der Waals surface area contributed by atoms with Crippen molar-refractivity contribution in [3.05, 3.63) is 45.4 Å². The minimum absolute atomic E-state index is 0. The number of nitrogens with zero attached hydrogens (tertiary/aromatic N) is 4. The number of rotatable bonds is 6. The summed E-state index contributed by atoms with van der Waals surface area (Å²) in [6.07, 6.45) is 11.4. The predicted molar refractivity (Wildman–Crippen MR) is 126 cm³/mol. The first-order valence-corrected chi connectivity index (χ1v) is 13.1. The first-order valence-electron chi connectivity index (χ1n) is 11.7. The Balaban J connectivity index is 0.00000274. The van der Waals surface area contributed by atoms with Crippen LogP contribution in [-0.2, 0) is 47.7 Å². The van der Waals surface area contributed by atoms with Crippen LogP contribution in [0.15, 0.2) is 18.5 Å². The number of aryl methyl sites for hydroxylation is 3. The first-order chi connectivity index (χ1) is 15.9. The largest absolute Gasteiger partial charge is 1.00 e. The number of amides is 2. The van der Waals surface area contributed by atoms with E-state index in [-0.39, 0.29) is 42.2 Å². The fraction of sp³-hybridized carbons (Fsp3) is 0.565. The maximum absolute atomic E-state index is 13.3. The van der Waals surface area contributed by atoms with Gasteiger partial charge in [0, 0.05) is 19.9 Å². The molecule has 1 unspecified atom stereocenters. The summed E-state index contributed by atoms with van der Waals surface area (Å²) in [5.74, 6) is 0. The number of nitrogens with one attached hydrogen (secondary N) is 1. The second-order valence-corrected chi connectivity index (χ2v) is 10.6. The van der Waals surface area contributed by atoms with E-state index in [1.807, 2.05) is 0 Å². The van der Waals surface area contributed by atoms with E-state index >= 15 is 0 Å². The van der Waals surface area contributed by atoms with Crippen LogP contribution in [-0.4, -0.2) is 43.5 Å². The number of carbonyl (C=O) groups is 1. The van der Waals surface area contributed by atoms with E-state index in [9.17, 15) is 13.2 Å². The molecule has 1 aliphatic heterocycles. The van der Waals surface area contributed by atoms with Crippen molar-refractivity contribution in [1.82, 2.24) is 9.78 Å². The van der Waals surface area contributed by atoms with Crippen molar-refractivity contribution in [2.75, 3.05) is 22.8 Å². The number of ether oxygens (including phenoxy) is 1. The molecule has 1 fully saturated rings. The second kappa shape index (κ2) is 10.6. The van der Waals surface area contributed by atoms with Gasteiger partial charge in [0.1, 0.15) is 0 Å². The van der Waals surface area contributed by atoms with E-state index in [0.717, 1.165) is 78.9 Å². The van der Waals surface area contributed by atoms with Crippen LogP contribution < -0.4 is 39.2 Å². The molecule has 0 radical (unpaired) electrons. The third-order valence-electron chi connectivity index (χ3n) is 6.80. The molecule has 3 aliphatic rings. The number of carbonyl (C=O) groups excluding carboxylic acids is 1. The van der Waals surface area contributed by atoms with Gasteiger partial charge in [-0.3, -0.25) is 13.8 Å². The summed E-state index contributed by atoms with van der Waals surface area (Å²) < 4.78 is 38.7. The fourth-order valence-corrected chi connectivity index (χ4v) is 6.33. The predicted octanol–water partition coefficient (Wildman–Crippen LogP) is 0.628. The monoisotopic (exact) mass is 495 g/mol. The quantitative estimate of drug-likeness (QED) is 0.592. The molecule has 11 heteroatoms. The van der Waals surface area contributed by atoms with Crippen LogP contribution in [0.1, 0.15) is 54.4 Å². The van der Waals surface area contributed by atoms with Crippen LogP contribution in [0.5, 0.6) is 0 Å². The van der Waals surface area contributed by atoms with E-state index in [0.29, 0.717) is 12.3 Å². The summed E-state index contributed by atoms with van der Waals surface area (Å²) in [5.41, 5.74) is 5.95. The van der Waals surface area contributed by atoms with Crippen molar-refractivity contribution in [2.24, 2.45) is 7.05 Å². The first kappa shape index (κ1) is 25.5. The van der Waals surface area contributed by atoms with Crippen LogP contribution in [0.25, 0.3) is 4.72 Å². The van der Waals surface area contributed by atoms with Crippen LogP contribution in [0.3, 0.4) is 0 Å². The molecule has 5 rings (SSSR count). The minimum Gasteiger partial charge on any atom is -0.423 e. The van der Waals surface area contributed by atoms with Crippen LogP contribution >= 0.6 is 0 Å². The molecule has 2 heterocycles. The van der Waals surface area contributed by atoms with Crippen LogP contribution in [0, 0.1) is 0 Å². The smallest absolute Gasteiger partial charge is 0.423 e. The number of hydrogen-bond acceptors (Lipinski definition) is 5. The van der Waals surface area contributed by atoms with Gasteiger partial charge < -0.3 is 14.8 Å². The molecule has 2 aliphatic carbocycles. The van der Waals surface area contributed by atoms with Gasteiger partial charge in [0.25, 0.3) is 10.2 Å². The van der Waals surface area contributed by atoms with E-state index in [4.69, 9.17) is 4.74 Å². The van der Waals surface area contributed by atoms with Gasteiger partial charge in [-0.05, 0) is 85.7 Å². The normalized spacial score (nSPS) is 19.1. The summed E-state index contributed by atoms with van der Waals surface area (Å²) in [4.78, 5) is 12.9. The van der Waals surface area contributed by atoms with Gasteiger partial charge in [-0.2, -0.15) is 5.10 Å². The molecule has 1 saturated heterocycles. The van der Waals surface area contributed by atoms with Crippen molar-refractivity contribution in [2.45, 2.75) is 63.9 Å². The molecule has 1 atom stereocenters. The molecule has 1 aromatic carbocycles. The molecule has 0 bridgehead atoms. The molecule has 0 spiro atoms. The van der Waals surface area contributed by atoms with Crippen molar-refractivity contribution >= 4 is 27.6 Å². The maximum atomic E-state index is 13.3. The average molecular weight is 496 g/mol. The molecule has 178 valence electrons. The Morgan fingerprint density at radius 3 is 2.47 bits per heavy atom. The molecule has 2 amide bonds. The van der Waals surface area contributed by atoms with Crippen molar-refractivity contribution < 1.29 is 47.5 Å². The number of fused-ring (bicyclic) bond motifs is 2. The Morgan fingerprint density at radius 2 is 1.88 bits per heavy atom. The summed E-state index contributed by atoms with van der Waals surface area (Å²) in [6, 6.07) is 1.41. The average Bonchev–Trinajstić information content (AvgIpc) is 3.53. The number of anilines is 2. The van der Waals surface area contributed by atoms with Crippen molar-refractivity contribution in [3.8, 4) is 0 Å². The van der Waals surface area contributed by atoms with Gasteiger partial charge in [-0.1, -0.05) is 6.07 Å². The summed E-state index contributed by atoms with van der Waals surface area (Å²) in [6.45, 7) is 0.703. The number of aromatic nitrogens is 2. The zero-order valence-electron chi connectivity index (χ0n) is 19.9. The topological polar surface area (TPSA) is 108 Å². The maximum Gasteiger partial charge on any atom is 1.00 e. The number of hydrogen-bond donors (Lipinski definition) is 1. The number of urea groups is 1. The van der Waals surface area contributed by atoms with Gasteiger partial charge in [0.2, 0.25) is 0 Å². The molecule has 1 N–H and O–H groups in total. The van der Waals surface area contributed by atoms with Crippen LogP contribution in [0.4, 0.5) is 16.2 Å². The second-order valence-electron chi connectivity index (χ2n) is 9.13. The molecular formula is C23H30N5NaO4S. The zero-order valence-corrected chi connectivity index (χ0v) is 22.7. The van der Waals surface area contributed by atoms with Gasteiger partial charge in [0.15, 0.2) is 6.03 Å². The van der Waals surface area contributed by atoms with Crippen molar-refractivity contribution in [3.63, 3.8) is 0 Å². The Bertz CT molecular complexity index is 1130. The molecule has 9 nitrogen and oxygen atoms in total. The van der Waals surface area contributed by atoms with Crippen molar-refractivity contribution in [1.29, 1.82) is 0 Å². The Hall–Kier alpha value is -1.59. The standard InChI is InChI=1S/C23H31N5O4S.Na/c1-27-14-18(13-24-27)28(15-19-8-2-3-11-32-19)33(30,31)26-23(29)25-22-20-9-4-6-16(20)12-17-7-5-10-21(17)22;/h12-14,19H,2-11,15H2,1H3,(H2,25,26,29);/q;+1/p-1. The van der Waals surface area contributed by atoms with E-state index < -0.39 is 16.2 Å². The molecule has 0 saturated carbocycles. The van der Waals surface area contributed by atoms with Gasteiger partial charge in [-0.25, -0.2) is 8.42 Å². The van der Waals surface area contributed by atoms with E-state index in [2.05, 4.69) is 21.2 Å². The summed E-state index contributed by atoms with van der Waals surface area (Å²) in [7, 11) is -2.58. The fourth-order valence-electron chi connectivity index (χ4n) is 5.26. The Labute approximate surface area is 223 Å². The third-order valence-corrected chi connectivity index (χ3v) is 8.12. The molecule has 2 aromatic rings. The molecule has 34 heavy (non-hydrogen) atoms. The minimum atomic E-state index is -4.30. The van der Waals surface area contributed by atoms with E-state index in [1.165, 1.54) is 22.0 Å². The Kier molecular flexibility index (Phi) is 7.93. The Morgan fingerprint density at radius 1 is 1.18 bits per heavy atom. The van der Waals surface area contributed by atoms with Gasteiger partial charge in [-0.15, -0.1) is 0 Å². The third kappa shape index (κ3) is 5.31. The van der Waals surface area contributed by atoms with Gasteiger partial charge in [0.05, 0.1) is 24.5 Å². The molecular weight excluding hydrogens is 465 g/mol. The SMILES string of the molecule is Cn1cc(N(CC2CCCCO2)S(=O)(=O)[N-]C(=O)Nc2c3c(cc4c2CCC4)CCC3)cn1.[Na+]. The number of benzene rings is 1. The van der Waals surface area contributed by atoms with E-state index in [1.54, 1.807) is 13.2 Å². The van der Waals surface area contributed by atoms with Gasteiger partial charge >= 0.3 is 29.6 Å². The van der Waals surface area contributed by atoms with Crippen LogP contribution in [0.2, 0.25) is 0 Å². The summed E-state index contributed by atoms with van der Waals surface area (Å²) >= 11 is 0. The molecule has 1 aromatic heterocycles. The zero-order chi connectivity index (χ0) is 23.0. The summed E-state index contributed by atoms with van der Waals surface area (Å²) in [5, 5.41) is 6.95.